The van der Waals surface area contributed by atoms with Crippen molar-refractivity contribution in [1.29, 1.82) is 0 Å². The van der Waals surface area contributed by atoms with Crippen molar-refractivity contribution in [2.75, 3.05) is 17.2 Å². The first-order chi connectivity index (χ1) is 15.1. The van der Waals surface area contributed by atoms with Crippen molar-refractivity contribution < 1.29 is 14.3 Å². The predicted octanol–water partition coefficient (Wildman–Crippen LogP) is 5.25. The maximum atomic E-state index is 13.3. The second-order valence-electron chi connectivity index (χ2n) is 7.45. The number of nitrogen functional groups attached to an aromatic ring is 1. The fourth-order valence-corrected chi connectivity index (χ4v) is 3.95. The number of rotatable bonds is 7. The van der Waals surface area contributed by atoms with Gasteiger partial charge in [-0.25, -0.2) is 0 Å². The topological polar surface area (TPSA) is 64.8 Å². The van der Waals surface area contributed by atoms with Crippen LogP contribution in [0.2, 0.25) is 5.02 Å². The van der Waals surface area contributed by atoms with Gasteiger partial charge in [-0.1, -0.05) is 54.9 Å². The maximum Gasteiger partial charge on any atom is 0.268 e. The first-order valence-corrected chi connectivity index (χ1v) is 10.8. The molecule has 31 heavy (non-hydrogen) atoms. The lowest BCUT2D eigenvalue weighted by Crippen LogP contribution is -2.46. The van der Waals surface area contributed by atoms with E-state index in [1.165, 1.54) is 0 Å². The van der Waals surface area contributed by atoms with E-state index in [4.69, 9.17) is 26.8 Å². The lowest BCUT2D eigenvalue weighted by atomic mass is 10.1. The number of amides is 1. The van der Waals surface area contributed by atoms with Crippen molar-refractivity contribution in [3.8, 4) is 11.5 Å². The number of anilines is 2. The van der Waals surface area contributed by atoms with Crippen molar-refractivity contribution >= 4 is 28.9 Å². The molecule has 0 aromatic heterocycles. The van der Waals surface area contributed by atoms with Crippen LogP contribution in [-0.4, -0.2) is 18.6 Å². The van der Waals surface area contributed by atoms with Crippen molar-refractivity contribution in [3.05, 3.63) is 82.9 Å². The molecule has 1 amide bonds. The molecule has 0 saturated carbocycles. The summed E-state index contributed by atoms with van der Waals surface area (Å²) in [7, 11) is 0. The summed E-state index contributed by atoms with van der Waals surface area (Å²) in [4.78, 5) is 15.0. The lowest BCUT2D eigenvalue weighted by Gasteiger charge is -2.34. The van der Waals surface area contributed by atoms with Gasteiger partial charge < -0.3 is 20.1 Å². The minimum Gasteiger partial charge on any atom is -0.491 e. The summed E-state index contributed by atoms with van der Waals surface area (Å²) in [5.41, 5.74) is 9.58. The minimum atomic E-state index is -0.635. The van der Waals surface area contributed by atoms with Gasteiger partial charge in [-0.3, -0.25) is 4.79 Å². The summed E-state index contributed by atoms with van der Waals surface area (Å²) in [5.74, 6) is 1.22. The van der Waals surface area contributed by atoms with Crippen molar-refractivity contribution in [3.63, 3.8) is 0 Å². The lowest BCUT2D eigenvalue weighted by molar-refractivity contribution is -0.127. The van der Waals surface area contributed by atoms with Crippen LogP contribution in [0.4, 0.5) is 11.4 Å². The average Bonchev–Trinajstić information content (AvgIpc) is 2.77. The Balaban J connectivity index is 1.49. The van der Waals surface area contributed by atoms with Crippen molar-refractivity contribution in [2.24, 2.45) is 0 Å². The monoisotopic (exact) mass is 436 g/mol. The van der Waals surface area contributed by atoms with Gasteiger partial charge >= 0.3 is 0 Å². The van der Waals surface area contributed by atoms with Crippen molar-refractivity contribution in [1.82, 2.24) is 0 Å². The first kappa shape index (κ1) is 21.1. The number of hydrogen-bond acceptors (Lipinski definition) is 4. The molecule has 0 saturated heterocycles. The van der Waals surface area contributed by atoms with E-state index in [1.54, 1.807) is 4.90 Å². The Kier molecular flexibility index (Phi) is 6.33. The van der Waals surface area contributed by atoms with E-state index in [2.05, 4.69) is 6.92 Å². The summed E-state index contributed by atoms with van der Waals surface area (Å²) in [6.07, 6.45) is 0.613. The van der Waals surface area contributed by atoms with Crippen LogP contribution < -0.4 is 20.1 Å². The molecule has 0 aliphatic carbocycles. The number of nitrogens with zero attached hydrogens (tertiary/aromatic N) is 1. The van der Waals surface area contributed by atoms with Gasteiger partial charge in [0.15, 0.2) is 6.10 Å². The second kappa shape index (κ2) is 9.31. The Morgan fingerprint density at radius 3 is 2.71 bits per heavy atom. The molecule has 3 aromatic rings. The van der Waals surface area contributed by atoms with Gasteiger partial charge in [0.05, 0.1) is 24.5 Å². The molecule has 1 heterocycles. The normalized spacial score (nSPS) is 15.4. The third kappa shape index (κ3) is 4.62. The number of benzene rings is 3. The summed E-state index contributed by atoms with van der Waals surface area (Å²) >= 11 is 6.13. The van der Waals surface area contributed by atoms with Crippen LogP contribution in [0.3, 0.4) is 0 Å². The number of fused-ring (bicyclic) bond motifs is 1. The second-order valence-corrected chi connectivity index (χ2v) is 7.88. The summed E-state index contributed by atoms with van der Waals surface area (Å²) in [6, 6.07) is 20.9. The number of para-hydroxylation sites is 3. The van der Waals surface area contributed by atoms with E-state index < -0.39 is 6.10 Å². The maximum absolute atomic E-state index is 13.3. The van der Waals surface area contributed by atoms with E-state index in [9.17, 15) is 4.79 Å². The van der Waals surface area contributed by atoms with Crippen LogP contribution in [0.15, 0.2) is 66.7 Å². The number of carbonyl (C=O) groups is 1. The summed E-state index contributed by atoms with van der Waals surface area (Å²) < 4.78 is 11.9. The molecule has 0 radical (unpaired) electrons. The van der Waals surface area contributed by atoms with Crippen molar-refractivity contribution in [2.45, 2.75) is 32.4 Å². The van der Waals surface area contributed by atoms with Gasteiger partial charge in [-0.2, -0.15) is 0 Å². The molecule has 1 aliphatic rings. The standard InChI is InChI=1S/C25H25ClN2O3/c1-2-18-8-6-12-22(24(18)27)30-14-13-23-25(29)28(16-17-7-5-9-19(26)15-17)20-10-3-4-11-21(20)31-23/h3-12,15,23H,2,13-14,16,27H2,1H3. The van der Waals surface area contributed by atoms with Crippen LogP contribution in [0.1, 0.15) is 24.5 Å². The molecular weight excluding hydrogens is 412 g/mol. The molecule has 1 atom stereocenters. The third-order valence-electron chi connectivity index (χ3n) is 5.37. The Bertz CT molecular complexity index is 1090. The zero-order valence-electron chi connectivity index (χ0n) is 17.4. The Morgan fingerprint density at radius 1 is 1.10 bits per heavy atom. The fraction of sp³-hybridized carbons (Fsp3) is 0.240. The molecule has 0 bridgehead atoms. The van der Waals surface area contributed by atoms with Gasteiger partial charge in [-0.15, -0.1) is 0 Å². The number of carbonyl (C=O) groups excluding carboxylic acids is 1. The van der Waals surface area contributed by atoms with Crippen LogP contribution in [-0.2, 0) is 17.8 Å². The third-order valence-corrected chi connectivity index (χ3v) is 5.61. The smallest absolute Gasteiger partial charge is 0.268 e. The minimum absolute atomic E-state index is 0.0995. The van der Waals surface area contributed by atoms with E-state index in [0.29, 0.717) is 41.8 Å². The number of halogens is 1. The van der Waals surface area contributed by atoms with Gasteiger partial charge in [0, 0.05) is 11.4 Å². The first-order valence-electron chi connectivity index (χ1n) is 10.4. The van der Waals surface area contributed by atoms with E-state index >= 15 is 0 Å². The largest absolute Gasteiger partial charge is 0.491 e. The quantitative estimate of drug-likeness (QED) is 0.514. The van der Waals surface area contributed by atoms with E-state index in [1.807, 2.05) is 66.7 Å². The molecule has 160 valence electrons. The summed E-state index contributed by atoms with van der Waals surface area (Å²) in [6.45, 7) is 2.79. The number of ether oxygens (including phenoxy) is 2. The molecular formula is C25H25ClN2O3. The summed E-state index contributed by atoms with van der Waals surface area (Å²) in [5, 5.41) is 0.642. The van der Waals surface area contributed by atoms with Crippen LogP contribution in [0, 0.1) is 0 Å². The Labute approximate surface area is 187 Å². The molecule has 0 fully saturated rings. The molecule has 0 spiro atoms. The molecule has 5 nitrogen and oxygen atoms in total. The van der Waals surface area contributed by atoms with Gasteiger partial charge in [0.1, 0.15) is 11.5 Å². The highest BCUT2D eigenvalue weighted by Crippen LogP contribution is 2.36. The molecule has 6 heteroatoms. The molecule has 4 rings (SSSR count). The van der Waals surface area contributed by atoms with Crippen LogP contribution >= 0.6 is 11.6 Å². The highest BCUT2D eigenvalue weighted by atomic mass is 35.5. The molecule has 1 unspecified atom stereocenters. The number of hydrogen-bond donors (Lipinski definition) is 1. The van der Waals surface area contributed by atoms with Gasteiger partial charge in [0.2, 0.25) is 0 Å². The zero-order chi connectivity index (χ0) is 21.8. The predicted molar refractivity (Wildman–Crippen MR) is 124 cm³/mol. The van der Waals surface area contributed by atoms with E-state index in [-0.39, 0.29) is 5.91 Å². The molecule has 2 N–H and O–H groups in total. The fourth-order valence-electron chi connectivity index (χ4n) is 3.74. The SMILES string of the molecule is CCc1cccc(OCCC2Oc3ccccc3N(Cc3cccc(Cl)c3)C2=O)c1N. The molecule has 1 aliphatic heterocycles. The van der Waals surface area contributed by atoms with E-state index in [0.717, 1.165) is 23.2 Å². The Morgan fingerprint density at radius 2 is 1.90 bits per heavy atom. The highest BCUT2D eigenvalue weighted by Gasteiger charge is 2.34. The van der Waals surface area contributed by atoms with Crippen LogP contribution in [0.25, 0.3) is 0 Å². The zero-order valence-corrected chi connectivity index (χ0v) is 18.1. The number of aryl methyl sites for hydroxylation is 1. The number of nitrogens with two attached hydrogens (primary N) is 1. The van der Waals surface area contributed by atoms with Gasteiger partial charge in [-0.05, 0) is 47.9 Å². The van der Waals surface area contributed by atoms with Gasteiger partial charge in [0.25, 0.3) is 5.91 Å². The highest BCUT2D eigenvalue weighted by molar-refractivity contribution is 6.30. The molecule has 3 aromatic carbocycles. The average molecular weight is 437 g/mol. The Hall–Kier alpha value is -3.18. The van der Waals surface area contributed by atoms with Crippen LogP contribution in [0.5, 0.6) is 11.5 Å².